The van der Waals surface area contributed by atoms with Gasteiger partial charge in [0.2, 0.25) is 0 Å². The summed E-state index contributed by atoms with van der Waals surface area (Å²) in [5, 5.41) is 31.2. The molecule has 4 N–H and O–H groups in total. The summed E-state index contributed by atoms with van der Waals surface area (Å²) >= 11 is 0. The Morgan fingerprint density at radius 2 is 1.25 bits per heavy atom. The summed E-state index contributed by atoms with van der Waals surface area (Å²) in [7, 11) is 0. The average Bonchev–Trinajstić information content (AvgIpc) is 2.91. The molecule has 0 amide bonds. The number of hydrogen-bond acceptors (Lipinski definition) is 6. The predicted molar refractivity (Wildman–Crippen MR) is 154 cm³/mol. The van der Waals surface area contributed by atoms with Crippen molar-refractivity contribution in [1.29, 1.82) is 0 Å². The second-order valence-corrected chi connectivity index (χ2v) is 9.33. The average molecular weight is 562 g/mol. The van der Waals surface area contributed by atoms with Crippen LogP contribution in [0.2, 0.25) is 0 Å². The number of aliphatic imine (C=N–C) groups is 1. The zero-order chi connectivity index (χ0) is 30.3. The molecule has 0 saturated carbocycles. The predicted octanol–water partition coefficient (Wildman–Crippen LogP) is 3.71. The van der Waals surface area contributed by atoms with Gasteiger partial charge in [-0.05, 0) is 18.9 Å². The second kappa shape index (κ2) is 21.9. The first-order chi connectivity index (χ1) is 19.0. The molecule has 40 heavy (non-hydrogen) atoms. The number of unbranched alkanes of at least 4 members (excludes halogenated alkanes) is 3. The van der Waals surface area contributed by atoms with Gasteiger partial charge in [0.15, 0.2) is 0 Å². The van der Waals surface area contributed by atoms with E-state index in [-0.39, 0.29) is 0 Å². The lowest BCUT2D eigenvalue weighted by Gasteiger charge is -2.36. The van der Waals surface area contributed by atoms with Crippen LogP contribution in [0, 0.1) is 5.92 Å². The number of carboxylic acids is 4. The van der Waals surface area contributed by atoms with Gasteiger partial charge in [0.05, 0.1) is 0 Å². The van der Waals surface area contributed by atoms with Crippen molar-refractivity contribution in [3.8, 4) is 0 Å². The molecule has 11 heteroatoms. The van der Waals surface area contributed by atoms with Crippen LogP contribution in [-0.4, -0.2) is 99.2 Å². The normalized spacial score (nSPS) is 13.9. The Morgan fingerprint density at radius 3 is 1.65 bits per heavy atom. The molecule has 1 aromatic carbocycles. The van der Waals surface area contributed by atoms with Crippen molar-refractivity contribution in [2.24, 2.45) is 10.9 Å². The van der Waals surface area contributed by atoms with Crippen LogP contribution in [0.15, 0.2) is 59.6 Å². The summed E-state index contributed by atoms with van der Waals surface area (Å²) in [4.78, 5) is 48.3. The quantitative estimate of drug-likeness (QED) is 0.128. The Hall–Kier alpha value is -3.99. The third kappa shape index (κ3) is 20.0. The summed E-state index contributed by atoms with van der Waals surface area (Å²) in [6, 6.07) is 10.7. The first kappa shape index (κ1) is 36.0. The molecule has 222 valence electrons. The number of rotatable bonds is 12. The largest absolute Gasteiger partial charge is 0.478 e. The minimum atomic E-state index is -1.26. The van der Waals surface area contributed by atoms with Crippen LogP contribution in [0.3, 0.4) is 0 Å². The van der Waals surface area contributed by atoms with E-state index in [0.29, 0.717) is 30.2 Å². The number of carbonyl (C=O) groups is 4. The van der Waals surface area contributed by atoms with Gasteiger partial charge in [-0.3, -0.25) is 9.89 Å². The lowest BCUT2D eigenvalue weighted by Crippen LogP contribution is -2.49. The number of benzene rings is 1. The van der Waals surface area contributed by atoms with Crippen molar-refractivity contribution in [2.75, 3.05) is 39.3 Å². The standard InChI is InChI=1S/C21H35N3.2C4H4O4/c1-4-5-6-10-13-23-14-16-24(17-15-23)21(22-18-19(2)3)20-11-8-7-9-12-20;2*5-3(6)1-2-4(7)8/h7-9,11-12,19H,4-6,10,13-18H2,1-3H3;2*1-2H,(H,5,6)(H,7,8)/b;2*2-1-. The van der Waals surface area contributed by atoms with Crippen LogP contribution in [-0.2, 0) is 19.2 Å². The van der Waals surface area contributed by atoms with Crippen LogP contribution in [0.1, 0.15) is 52.0 Å². The molecule has 0 aliphatic carbocycles. The molecule has 2 rings (SSSR count). The molecule has 1 saturated heterocycles. The minimum absolute atomic E-state index is 0.558. The number of carboxylic acid groups (broad SMARTS) is 4. The molecule has 0 atom stereocenters. The maximum absolute atomic E-state index is 9.55. The van der Waals surface area contributed by atoms with Crippen molar-refractivity contribution in [3.05, 3.63) is 60.2 Å². The molecule has 1 aromatic rings. The Bertz CT molecular complexity index is 916. The third-order valence-electron chi connectivity index (χ3n) is 5.37. The fourth-order valence-electron chi connectivity index (χ4n) is 3.46. The lowest BCUT2D eigenvalue weighted by atomic mass is 10.1. The first-order valence-corrected chi connectivity index (χ1v) is 13.3. The van der Waals surface area contributed by atoms with Crippen molar-refractivity contribution < 1.29 is 39.6 Å². The van der Waals surface area contributed by atoms with E-state index in [2.05, 4.69) is 60.9 Å². The molecule has 0 spiro atoms. The van der Waals surface area contributed by atoms with Crippen LogP contribution in [0.4, 0.5) is 0 Å². The Kier molecular flexibility index (Phi) is 19.7. The summed E-state index contributed by atoms with van der Waals surface area (Å²) in [6.45, 7) is 13.4. The second-order valence-electron chi connectivity index (χ2n) is 9.33. The molecule has 11 nitrogen and oxygen atoms in total. The lowest BCUT2D eigenvalue weighted by molar-refractivity contribution is -0.134. The van der Waals surface area contributed by atoms with Crippen molar-refractivity contribution >= 4 is 29.7 Å². The summed E-state index contributed by atoms with van der Waals surface area (Å²) < 4.78 is 0. The van der Waals surface area contributed by atoms with Crippen molar-refractivity contribution in [3.63, 3.8) is 0 Å². The Balaban J connectivity index is 0.000000780. The molecule has 1 heterocycles. The minimum Gasteiger partial charge on any atom is -0.478 e. The van der Waals surface area contributed by atoms with E-state index in [0.717, 1.165) is 19.6 Å². The highest BCUT2D eigenvalue weighted by Gasteiger charge is 2.20. The smallest absolute Gasteiger partial charge is 0.328 e. The van der Waals surface area contributed by atoms with Crippen molar-refractivity contribution in [2.45, 2.75) is 46.5 Å². The van der Waals surface area contributed by atoms with Crippen LogP contribution < -0.4 is 0 Å². The molecular formula is C29H43N3O8. The highest BCUT2D eigenvalue weighted by atomic mass is 16.4. The number of aliphatic carboxylic acids is 4. The van der Waals surface area contributed by atoms with Gasteiger partial charge in [0.25, 0.3) is 0 Å². The molecule has 1 aliphatic heterocycles. The van der Waals surface area contributed by atoms with Gasteiger partial charge in [0, 0.05) is 62.6 Å². The first-order valence-electron chi connectivity index (χ1n) is 13.3. The molecule has 0 bridgehead atoms. The highest BCUT2D eigenvalue weighted by Crippen LogP contribution is 2.12. The topological polar surface area (TPSA) is 168 Å². The SMILES string of the molecule is CCCCCCN1CCN(C(=NCC(C)C)c2ccccc2)CC1.O=C(O)/C=C\C(=O)O.O=C(O)/C=C\C(=O)O. The van der Waals surface area contributed by atoms with E-state index < -0.39 is 23.9 Å². The van der Waals surface area contributed by atoms with Gasteiger partial charge in [-0.15, -0.1) is 0 Å². The fraction of sp³-hybridized carbons (Fsp3) is 0.483. The number of nitrogens with zero attached hydrogens (tertiary/aromatic N) is 3. The Labute approximate surface area is 236 Å². The van der Waals surface area contributed by atoms with Crippen LogP contribution in [0.25, 0.3) is 0 Å². The maximum Gasteiger partial charge on any atom is 0.328 e. The summed E-state index contributed by atoms with van der Waals surface area (Å²) in [6.07, 6.45) is 7.65. The third-order valence-corrected chi connectivity index (χ3v) is 5.37. The van der Waals surface area contributed by atoms with E-state index in [1.807, 2.05) is 0 Å². The van der Waals surface area contributed by atoms with Crippen LogP contribution in [0.5, 0.6) is 0 Å². The van der Waals surface area contributed by atoms with Gasteiger partial charge in [0.1, 0.15) is 5.84 Å². The van der Waals surface area contributed by atoms with E-state index in [1.54, 1.807) is 0 Å². The summed E-state index contributed by atoms with van der Waals surface area (Å²) in [5.74, 6) is -3.24. The molecular weight excluding hydrogens is 518 g/mol. The van der Waals surface area contributed by atoms with Gasteiger partial charge in [-0.25, -0.2) is 19.2 Å². The zero-order valence-corrected chi connectivity index (χ0v) is 23.6. The molecule has 1 aliphatic rings. The number of hydrogen-bond donors (Lipinski definition) is 4. The van der Waals surface area contributed by atoms with E-state index in [9.17, 15) is 19.2 Å². The monoisotopic (exact) mass is 561 g/mol. The van der Waals surface area contributed by atoms with Crippen molar-refractivity contribution in [1.82, 2.24) is 9.80 Å². The van der Waals surface area contributed by atoms with E-state index in [1.165, 1.54) is 56.7 Å². The fourth-order valence-corrected chi connectivity index (χ4v) is 3.46. The van der Waals surface area contributed by atoms with Gasteiger partial charge < -0.3 is 25.3 Å². The summed E-state index contributed by atoms with van der Waals surface area (Å²) in [5.41, 5.74) is 1.26. The molecule has 0 aromatic heterocycles. The van der Waals surface area contributed by atoms with Gasteiger partial charge >= 0.3 is 23.9 Å². The molecule has 0 unspecified atom stereocenters. The number of piperazine rings is 1. The van der Waals surface area contributed by atoms with Gasteiger partial charge in [-0.1, -0.05) is 70.4 Å². The van der Waals surface area contributed by atoms with Gasteiger partial charge in [-0.2, -0.15) is 0 Å². The zero-order valence-electron chi connectivity index (χ0n) is 23.6. The maximum atomic E-state index is 9.55. The number of amidine groups is 1. The van der Waals surface area contributed by atoms with E-state index >= 15 is 0 Å². The van der Waals surface area contributed by atoms with E-state index in [4.69, 9.17) is 25.4 Å². The van der Waals surface area contributed by atoms with Crippen LogP contribution >= 0.6 is 0 Å². The molecule has 0 radical (unpaired) electrons. The highest BCUT2D eigenvalue weighted by molar-refractivity contribution is 5.98. The Morgan fingerprint density at radius 1 is 0.775 bits per heavy atom. The molecule has 1 fully saturated rings.